The predicted molar refractivity (Wildman–Crippen MR) is 134 cm³/mol. The summed E-state index contributed by atoms with van der Waals surface area (Å²) in [6, 6.07) is 16.0. The summed E-state index contributed by atoms with van der Waals surface area (Å²) < 4.78 is 12.0. The van der Waals surface area contributed by atoms with Gasteiger partial charge in [0.05, 0.1) is 13.2 Å². The number of ether oxygens (including phenoxy) is 2. The molecule has 0 unspecified atom stereocenters. The Morgan fingerprint density at radius 1 is 0.750 bits per heavy atom. The molecule has 0 aromatic heterocycles. The van der Waals surface area contributed by atoms with Crippen molar-refractivity contribution >= 4 is 0 Å². The summed E-state index contributed by atoms with van der Waals surface area (Å²) in [5, 5.41) is 0. The van der Waals surface area contributed by atoms with Gasteiger partial charge >= 0.3 is 0 Å². The molecule has 0 bridgehead atoms. The van der Waals surface area contributed by atoms with Crippen LogP contribution in [0, 0.1) is 18.8 Å². The molecule has 1 saturated heterocycles. The third kappa shape index (κ3) is 5.83. The topological polar surface area (TPSA) is 18.5 Å². The van der Waals surface area contributed by atoms with Gasteiger partial charge in [-0.15, -0.1) is 0 Å². The molecule has 1 saturated carbocycles. The van der Waals surface area contributed by atoms with Gasteiger partial charge in [0.1, 0.15) is 0 Å². The largest absolute Gasteiger partial charge is 0.348 e. The Bertz CT molecular complexity index is 824. The van der Waals surface area contributed by atoms with Gasteiger partial charge in [0, 0.05) is 11.5 Å². The van der Waals surface area contributed by atoms with Gasteiger partial charge in [0.2, 0.25) is 0 Å². The van der Waals surface area contributed by atoms with E-state index in [9.17, 15) is 0 Å². The number of aryl methyl sites for hydroxylation is 1. The van der Waals surface area contributed by atoms with Crippen LogP contribution >= 0.6 is 0 Å². The van der Waals surface area contributed by atoms with Crippen LogP contribution in [-0.4, -0.2) is 13.2 Å². The Labute approximate surface area is 195 Å². The summed E-state index contributed by atoms with van der Waals surface area (Å²) in [6.45, 7) is 8.41. The summed E-state index contributed by atoms with van der Waals surface area (Å²) in [5.41, 5.74) is 6.67. The van der Waals surface area contributed by atoms with Crippen LogP contribution in [-0.2, 0) is 9.47 Å². The fourth-order valence-electron chi connectivity index (χ4n) is 5.67. The fourth-order valence-corrected chi connectivity index (χ4v) is 5.67. The second kappa shape index (κ2) is 11.5. The first-order valence-corrected chi connectivity index (χ1v) is 13.1. The van der Waals surface area contributed by atoms with Gasteiger partial charge in [0.25, 0.3) is 0 Å². The van der Waals surface area contributed by atoms with Gasteiger partial charge in [-0.2, -0.15) is 0 Å². The van der Waals surface area contributed by atoms with Crippen LogP contribution < -0.4 is 0 Å². The van der Waals surface area contributed by atoms with E-state index >= 15 is 0 Å². The third-order valence-electron chi connectivity index (χ3n) is 7.69. The van der Waals surface area contributed by atoms with Crippen molar-refractivity contribution in [2.24, 2.45) is 11.8 Å². The van der Waals surface area contributed by atoms with Crippen molar-refractivity contribution in [2.75, 3.05) is 13.2 Å². The first-order chi connectivity index (χ1) is 15.7. The molecule has 2 heteroatoms. The lowest BCUT2D eigenvalue weighted by Crippen LogP contribution is -2.26. The highest BCUT2D eigenvalue weighted by Crippen LogP contribution is 2.39. The van der Waals surface area contributed by atoms with Crippen molar-refractivity contribution in [2.45, 2.75) is 90.8 Å². The van der Waals surface area contributed by atoms with Crippen LogP contribution in [0.4, 0.5) is 0 Å². The molecule has 2 aromatic rings. The molecule has 4 rings (SSSR count). The molecule has 0 radical (unpaired) electrons. The lowest BCUT2D eigenvalue weighted by molar-refractivity contribution is -0.206. The number of unbranched alkanes of at least 4 members (excludes halogenated alkanes) is 1. The van der Waals surface area contributed by atoms with Crippen molar-refractivity contribution in [3.8, 4) is 11.1 Å². The van der Waals surface area contributed by atoms with E-state index in [1.165, 1.54) is 74.5 Å². The summed E-state index contributed by atoms with van der Waals surface area (Å²) in [4.78, 5) is 0. The van der Waals surface area contributed by atoms with Gasteiger partial charge in [-0.25, -0.2) is 0 Å². The minimum absolute atomic E-state index is 0.215. The maximum absolute atomic E-state index is 5.99. The van der Waals surface area contributed by atoms with Crippen molar-refractivity contribution in [1.82, 2.24) is 0 Å². The Balaban J connectivity index is 1.36. The first kappa shape index (κ1) is 23.5. The van der Waals surface area contributed by atoms with Crippen LogP contribution in [0.15, 0.2) is 42.5 Å². The van der Waals surface area contributed by atoms with E-state index < -0.39 is 0 Å². The van der Waals surface area contributed by atoms with Crippen molar-refractivity contribution in [3.63, 3.8) is 0 Å². The molecule has 1 heterocycles. The molecule has 32 heavy (non-hydrogen) atoms. The summed E-state index contributed by atoms with van der Waals surface area (Å²) >= 11 is 0. The molecule has 1 aliphatic heterocycles. The van der Waals surface area contributed by atoms with Crippen LogP contribution in [0.1, 0.15) is 101 Å². The molecule has 2 fully saturated rings. The van der Waals surface area contributed by atoms with Crippen molar-refractivity contribution < 1.29 is 9.47 Å². The molecule has 2 aliphatic rings. The Morgan fingerprint density at radius 2 is 1.44 bits per heavy atom. The number of hydrogen-bond donors (Lipinski definition) is 0. The molecule has 0 N–H and O–H groups in total. The zero-order chi connectivity index (χ0) is 22.3. The minimum atomic E-state index is -0.215. The predicted octanol–water partition coefficient (Wildman–Crippen LogP) is 8.59. The van der Waals surface area contributed by atoms with E-state index in [-0.39, 0.29) is 6.29 Å². The molecular weight excluding hydrogens is 392 g/mol. The maximum Gasteiger partial charge on any atom is 0.183 e. The van der Waals surface area contributed by atoms with Crippen LogP contribution in [0.25, 0.3) is 11.1 Å². The van der Waals surface area contributed by atoms with Crippen LogP contribution in [0.2, 0.25) is 0 Å². The molecule has 0 spiro atoms. The van der Waals surface area contributed by atoms with E-state index in [0.29, 0.717) is 5.92 Å². The van der Waals surface area contributed by atoms with E-state index in [2.05, 4.69) is 63.2 Å². The quantitative estimate of drug-likeness (QED) is 0.414. The second-order valence-corrected chi connectivity index (χ2v) is 10.2. The van der Waals surface area contributed by atoms with Gasteiger partial charge in [-0.05, 0) is 73.1 Å². The number of rotatable bonds is 8. The molecule has 2 nitrogen and oxygen atoms in total. The standard InChI is InChI=1S/C30H42O2/c1-4-6-8-23-9-11-25(12-10-23)28-17-18-29(22(3)19-28)26-13-15-27(16-14-26)30-31-20-24(7-5-2)21-32-30/h13-19,23-25,30H,4-12,20-21H2,1-3H3/t23-,24?,25-,30?. The molecule has 1 aliphatic carbocycles. The monoisotopic (exact) mass is 434 g/mol. The fraction of sp³-hybridized carbons (Fsp3) is 0.600. The van der Waals surface area contributed by atoms with Crippen molar-refractivity contribution in [1.29, 1.82) is 0 Å². The zero-order valence-corrected chi connectivity index (χ0v) is 20.4. The van der Waals surface area contributed by atoms with E-state index in [4.69, 9.17) is 9.47 Å². The molecule has 174 valence electrons. The SMILES string of the molecule is CCCC[C@H]1CC[C@H](c2ccc(-c3ccc(C4OCC(CCC)CO4)cc3)c(C)c2)CC1. The Hall–Kier alpha value is -1.64. The number of benzene rings is 2. The van der Waals surface area contributed by atoms with Crippen LogP contribution in [0.5, 0.6) is 0 Å². The molecule has 0 atom stereocenters. The normalized spacial score (nSPS) is 26.2. The Morgan fingerprint density at radius 3 is 2.06 bits per heavy atom. The molecule has 0 amide bonds. The molecular formula is C30H42O2. The van der Waals surface area contributed by atoms with Gasteiger partial charge < -0.3 is 9.47 Å². The highest BCUT2D eigenvalue weighted by molar-refractivity contribution is 5.68. The molecule has 2 aromatic carbocycles. The lowest BCUT2D eigenvalue weighted by Gasteiger charge is -2.29. The maximum atomic E-state index is 5.99. The zero-order valence-electron chi connectivity index (χ0n) is 20.4. The summed E-state index contributed by atoms with van der Waals surface area (Å²) in [6.07, 6.45) is 11.9. The van der Waals surface area contributed by atoms with Gasteiger partial charge in [-0.3, -0.25) is 0 Å². The summed E-state index contributed by atoms with van der Waals surface area (Å²) in [7, 11) is 0. The highest BCUT2D eigenvalue weighted by atomic mass is 16.7. The first-order valence-electron chi connectivity index (χ1n) is 13.1. The van der Waals surface area contributed by atoms with Crippen molar-refractivity contribution in [3.05, 3.63) is 59.2 Å². The van der Waals surface area contributed by atoms with E-state index in [1.807, 2.05) is 0 Å². The van der Waals surface area contributed by atoms with E-state index in [1.54, 1.807) is 5.56 Å². The second-order valence-electron chi connectivity index (χ2n) is 10.2. The minimum Gasteiger partial charge on any atom is -0.348 e. The highest BCUT2D eigenvalue weighted by Gasteiger charge is 2.24. The number of hydrogen-bond acceptors (Lipinski definition) is 2. The van der Waals surface area contributed by atoms with Gasteiger partial charge in [-0.1, -0.05) is 82.0 Å². The average Bonchev–Trinajstić information content (AvgIpc) is 2.84. The average molecular weight is 435 g/mol. The van der Waals surface area contributed by atoms with Gasteiger partial charge in [0.15, 0.2) is 6.29 Å². The van der Waals surface area contributed by atoms with Crippen LogP contribution in [0.3, 0.4) is 0 Å². The summed E-state index contributed by atoms with van der Waals surface area (Å²) in [5.74, 6) is 2.27. The smallest absolute Gasteiger partial charge is 0.183 e. The lowest BCUT2D eigenvalue weighted by atomic mass is 9.76. The third-order valence-corrected chi connectivity index (χ3v) is 7.69. The Kier molecular flexibility index (Phi) is 8.43. The van der Waals surface area contributed by atoms with E-state index in [0.717, 1.165) is 30.6 Å².